The van der Waals surface area contributed by atoms with Gasteiger partial charge in [-0.3, -0.25) is 4.99 Å². The highest BCUT2D eigenvalue weighted by atomic mass is 16.5. The maximum atomic E-state index is 9.76. The van der Waals surface area contributed by atoms with E-state index in [9.17, 15) is 5.11 Å². The minimum absolute atomic E-state index is 0.223. The van der Waals surface area contributed by atoms with Crippen molar-refractivity contribution in [2.45, 2.75) is 25.9 Å². The van der Waals surface area contributed by atoms with Gasteiger partial charge in [-0.2, -0.15) is 0 Å². The van der Waals surface area contributed by atoms with Gasteiger partial charge in [0.25, 0.3) is 0 Å². The predicted molar refractivity (Wildman–Crippen MR) is 101 cm³/mol. The normalized spacial score (nSPS) is 24.0. The number of aliphatic imine (C=N–C) groups is 1. The molecule has 1 unspecified atom stereocenters. The number of ether oxygens (including phenoxy) is 1. The van der Waals surface area contributed by atoms with Crippen molar-refractivity contribution in [2.75, 3.05) is 51.3 Å². The van der Waals surface area contributed by atoms with Crippen LogP contribution in [-0.4, -0.2) is 68.4 Å². The van der Waals surface area contributed by atoms with Crippen LogP contribution in [0.4, 0.5) is 5.69 Å². The molecule has 3 rings (SSSR count). The Balaban J connectivity index is 1.57. The molecule has 2 heterocycles. The van der Waals surface area contributed by atoms with Crippen LogP contribution in [0.5, 0.6) is 5.75 Å². The minimum atomic E-state index is -0.223. The Bertz CT molecular complexity index is 593. The van der Waals surface area contributed by atoms with E-state index in [1.807, 2.05) is 12.1 Å². The van der Waals surface area contributed by atoms with E-state index in [0.29, 0.717) is 12.5 Å². The van der Waals surface area contributed by atoms with Crippen molar-refractivity contribution in [3.8, 4) is 5.75 Å². The number of aliphatic hydroxyl groups excluding tert-OH is 1. The summed E-state index contributed by atoms with van der Waals surface area (Å²) in [5, 5.41) is 13.1. The third kappa shape index (κ3) is 4.57. The van der Waals surface area contributed by atoms with E-state index in [1.54, 1.807) is 7.11 Å². The van der Waals surface area contributed by atoms with Crippen molar-refractivity contribution in [1.82, 2.24) is 10.2 Å². The van der Waals surface area contributed by atoms with Crippen molar-refractivity contribution in [2.24, 2.45) is 10.9 Å². The smallest absolute Gasteiger partial charge is 0.194 e. The fourth-order valence-electron chi connectivity index (χ4n) is 3.60. The average molecular weight is 346 g/mol. The molecule has 25 heavy (non-hydrogen) atoms. The standard InChI is InChI=1S/C19H30N4O2/c1-3-20-19(23-10-8-17(24)14-23)21-12-15-7-9-22(13-15)16-5-4-6-18(11-16)25-2/h4-6,11,15,17,24H,3,7-10,12-14H2,1-2H3,(H,20,21)/t15?,17-/m1/s1. The molecule has 2 aliphatic heterocycles. The number of β-amino-alcohol motifs (C(OH)–C–C–N with tert-alkyl or cyclic N) is 1. The van der Waals surface area contributed by atoms with E-state index in [1.165, 1.54) is 5.69 Å². The Hall–Kier alpha value is -1.95. The second-order valence-corrected chi connectivity index (χ2v) is 6.89. The lowest BCUT2D eigenvalue weighted by molar-refractivity contribution is 0.187. The van der Waals surface area contributed by atoms with Gasteiger partial charge in [0.2, 0.25) is 0 Å². The number of nitrogens with one attached hydrogen (secondary N) is 1. The third-order valence-corrected chi connectivity index (χ3v) is 5.00. The monoisotopic (exact) mass is 346 g/mol. The van der Waals surface area contributed by atoms with E-state index in [4.69, 9.17) is 9.73 Å². The number of aliphatic hydroxyl groups is 1. The van der Waals surface area contributed by atoms with E-state index in [2.05, 4.69) is 34.2 Å². The number of methoxy groups -OCH3 is 1. The van der Waals surface area contributed by atoms with Gasteiger partial charge in [0, 0.05) is 51.0 Å². The second kappa shape index (κ2) is 8.43. The summed E-state index contributed by atoms with van der Waals surface area (Å²) in [6, 6.07) is 8.27. The van der Waals surface area contributed by atoms with E-state index >= 15 is 0 Å². The van der Waals surface area contributed by atoms with Crippen LogP contribution in [0.15, 0.2) is 29.3 Å². The first-order chi connectivity index (χ1) is 12.2. The van der Waals surface area contributed by atoms with Gasteiger partial charge in [0.1, 0.15) is 5.75 Å². The van der Waals surface area contributed by atoms with Crippen LogP contribution in [-0.2, 0) is 0 Å². The maximum Gasteiger partial charge on any atom is 0.194 e. The number of rotatable bonds is 5. The van der Waals surface area contributed by atoms with Gasteiger partial charge in [-0.1, -0.05) is 6.07 Å². The lowest BCUT2D eigenvalue weighted by Crippen LogP contribution is -2.40. The van der Waals surface area contributed by atoms with Gasteiger partial charge in [-0.15, -0.1) is 0 Å². The van der Waals surface area contributed by atoms with Gasteiger partial charge < -0.3 is 25.0 Å². The Morgan fingerprint density at radius 3 is 2.92 bits per heavy atom. The van der Waals surface area contributed by atoms with Crippen LogP contribution < -0.4 is 15.0 Å². The van der Waals surface area contributed by atoms with Crippen LogP contribution in [0, 0.1) is 5.92 Å². The summed E-state index contributed by atoms with van der Waals surface area (Å²) in [6.07, 6.45) is 1.76. The molecule has 138 valence electrons. The van der Waals surface area contributed by atoms with Crippen molar-refractivity contribution in [3.05, 3.63) is 24.3 Å². The molecule has 0 spiro atoms. The van der Waals surface area contributed by atoms with Crippen LogP contribution in [0.25, 0.3) is 0 Å². The maximum absolute atomic E-state index is 9.76. The summed E-state index contributed by atoms with van der Waals surface area (Å²) in [5.41, 5.74) is 1.22. The predicted octanol–water partition coefficient (Wildman–Crippen LogP) is 1.55. The highest BCUT2D eigenvalue weighted by Crippen LogP contribution is 2.27. The first-order valence-corrected chi connectivity index (χ1v) is 9.30. The molecule has 0 amide bonds. The molecule has 2 fully saturated rings. The lowest BCUT2D eigenvalue weighted by atomic mass is 10.1. The molecule has 2 N–H and O–H groups in total. The van der Waals surface area contributed by atoms with Crippen LogP contribution in [0.1, 0.15) is 19.8 Å². The molecule has 0 aromatic heterocycles. The summed E-state index contributed by atoms with van der Waals surface area (Å²) in [6.45, 7) is 7.43. The molecular formula is C19H30N4O2. The van der Waals surface area contributed by atoms with Crippen molar-refractivity contribution in [3.63, 3.8) is 0 Å². The SMILES string of the molecule is CCNC(=NCC1CCN(c2cccc(OC)c2)C1)N1CC[C@@H](O)C1. The number of guanidine groups is 1. The molecule has 6 nitrogen and oxygen atoms in total. The number of hydrogen-bond acceptors (Lipinski definition) is 4. The zero-order chi connectivity index (χ0) is 17.6. The van der Waals surface area contributed by atoms with Gasteiger partial charge >= 0.3 is 0 Å². The molecule has 1 aromatic carbocycles. The first-order valence-electron chi connectivity index (χ1n) is 9.30. The largest absolute Gasteiger partial charge is 0.497 e. The number of likely N-dealkylation sites (tertiary alicyclic amines) is 1. The molecule has 0 bridgehead atoms. The molecule has 0 saturated carbocycles. The molecule has 2 aliphatic rings. The van der Waals surface area contributed by atoms with Crippen LogP contribution in [0.3, 0.4) is 0 Å². The molecule has 0 aliphatic carbocycles. The van der Waals surface area contributed by atoms with Gasteiger partial charge in [0.05, 0.1) is 13.2 Å². The Labute approximate surface area is 150 Å². The summed E-state index contributed by atoms with van der Waals surface area (Å²) < 4.78 is 5.33. The highest BCUT2D eigenvalue weighted by molar-refractivity contribution is 5.80. The van der Waals surface area contributed by atoms with E-state index < -0.39 is 0 Å². The molecule has 0 radical (unpaired) electrons. The summed E-state index contributed by atoms with van der Waals surface area (Å²) in [4.78, 5) is 9.42. The number of benzene rings is 1. The fraction of sp³-hybridized carbons (Fsp3) is 0.632. The number of nitrogens with zero attached hydrogens (tertiary/aromatic N) is 3. The van der Waals surface area contributed by atoms with E-state index in [-0.39, 0.29) is 6.10 Å². The van der Waals surface area contributed by atoms with Gasteiger partial charge in [-0.05, 0) is 37.8 Å². The Kier molecular flexibility index (Phi) is 6.02. The van der Waals surface area contributed by atoms with Crippen molar-refractivity contribution >= 4 is 11.6 Å². The zero-order valence-electron chi connectivity index (χ0n) is 15.3. The summed E-state index contributed by atoms with van der Waals surface area (Å²) in [7, 11) is 1.71. The second-order valence-electron chi connectivity index (χ2n) is 6.89. The zero-order valence-corrected chi connectivity index (χ0v) is 15.3. The molecule has 2 saturated heterocycles. The van der Waals surface area contributed by atoms with Crippen molar-refractivity contribution in [1.29, 1.82) is 0 Å². The molecule has 1 aromatic rings. The van der Waals surface area contributed by atoms with Crippen molar-refractivity contribution < 1.29 is 9.84 Å². The Morgan fingerprint density at radius 2 is 2.20 bits per heavy atom. The molecular weight excluding hydrogens is 316 g/mol. The average Bonchev–Trinajstić information content (AvgIpc) is 3.28. The van der Waals surface area contributed by atoms with Crippen LogP contribution >= 0.6 is 0 Å². The number of hydrogen-bond donors (Lipinski definition) is 2. The third-order valence-electron chi connectivity index (χ3n) is 5.00. The first kappa shape index (κ1) is 17.9. The van der Waals surface area contributed by atoms with E-state index in [0.717, 1.165) is 57.3 Å². The van der Waals surface area contributed by atoms with Crippen LogP contribution in [0.2, 0.25) is 0 Å². The van der Waals surface area contributed by atoms with Gasteiger partial charge in [-0.25, -0.2) is 0 Å². The topological polar surface area (TPSA) is 60.3 Å². The number of anilines is 1. The summed E-state index contributed by atoms with van der Waals surface area (Å²) in [5.74, 6) is 2.41. The summed E-state index contributed by atoms with van der Waals surface area (Å²) >= 11 is 0. The van der Waals surface area contributed by atoms with Gasteiger partial charge in [0.15, 0.2) is 5.96 Å². The molecule has 2 atom stereocenters. The molecule has 6 heteroatoms. The Morgan fingerprint density at radius 1 is 1.32 bits per heavy atom. The quantitative estimate of drug-likeness (QED) is 0.626. The minimum Gasteiger partial charge on any atom is -0.497 e. The highest BCUT2D eigenvalue weighted by Gasteiger charge is 2.25. The lowest BCUT2D eigenvalue weighted by Gasteiger charge is -2.22. The fourth-order valence-corrected chi connectivity index (χ4v) is 3.60.